The number of methoxy groups -OCH3 is 1. The molecule has 0 spiro atoms. The van der Waals surface area contributed by atoms with Gasteiger partial charge in [-0.15, -0.1) is 0 Å². The minimum Gasteiger partial charge on any atom is -0.497 e. The van der Waals surface area contributed by atoms with Crippen molar-refractivity contribution in [1.29, 1.82) is 0 Å². The Hall–Kier alpha value is -1.88. The average molecular weight is 259 g/mol. The topological polar surface area (TPSA) is 60.2 Å². The van der Waals surface area contributed by atoms with Crippen LogP contribution < -0.4 is 4.74 Å². The van der Waals surface area contributed by atoms with Gasteiger partial charge in [0.05, 0.1) is 7.11 Å². The summed E-state index contributed by atoms with van der Waals surface area (Å²) in [4.78, 5) is 4.44. The second-order valence-electron chi connectivity index (χ2n) is 4.80. The number of aliphatic hydroxyl groups is 1. The zero-order chi connectivity index (χ0) is 13.2. The van der Waals surface area contributed by atoms with Gasteiger partial charge in [0.15, 0.2) is 11.6 Å². The van der Waals surface area contributed by atoms with E-state index in [1.807, 2.05) is 28.9 Å². The Morgan fingerprint density at radius 1 is 1.47 bits per heavy atom. The van der Waals surface area contributed by atoms with Gasteiger partial charge >= 0.3 is 0 Å². The first-order chi connectivity index (χ1) is 9.26. The quantitative estimate of drug-likeness (QED) is 0.911. The third kappa shape index (κ3) is 2.46. The van der Waals surface area contributed by atoms with Crippen LogP contribution >= 0.6 is 0 Å². The molecule has 0 radical (unpaired) electrons. The Bertz CT molecular complexity index is 580. The van der Waals surface area contributed by atoms with E-state index in [1.54, 1.807) is 7.11 Å². The molecule has 0 aliphatic carbocycles. The molecule has 1 aromatic carbocycles. The maximum Gasteiger partial charge on any atom is 0.156 e. The van der Waals surface area contributed by atoms with Crippen molar-refractivity contribution in [2.45, 2.75) is 31.9 Å². The van der Waals surface area contributed by atoms with Crippen molar-refractivity contribution in [3.63, 3.8) is 0 Å². The number of aryl methyl sites for hydroxylation is 1. The monoisotopic (exact) mass is 259 g/mol. The second kappa shape index (κ2) is 5.01. The zero-order valence-corrected chi connectivity index (χ0v) is 10.9. The van der Waals surface area contributed by atoms with E-state index in [1.165, 1.54) is 0 Å². The standard InChI is InChI=1S/C14H17N3O2/c1-19-11-5-2-4-10(8-11)9-13-15-14-12(18)6-3-7-17(14)16-13/h2,4-5,8,12,18H,3,6-7,9H2,1H3. The molecule has 100 valence electrons. The van der Waals surface area contributed by atoms with Crippen LogP contribution in [0.25, 0.3) is 0 Å². The normalized spacial score (nSPS) is 18.1. The lowest BCUT2D eigenvalue weighted by atomic mass is 10.1. The molecule has 2 aromatic rings. The minimum atomic E-state index is -0.472. The van der Waals surface area contributed by atoms with E-state index in [-0.39, 0.29) is 0 Å². The molecule has 1 N–H and O–H groups in total. The van der Waals surface area contributed by atoms with Crippen LogP contribution in [0.15, 0.2) is 24.3 Å². The number of hydrogen-bond acceptors (Lipinski definition) is 4. The molecule has 0 saturated heterocycles. The summed E-state index contributed by atoms with van der Waals surface area (Å²) >= 11 is 0. The summed E-state index contributed by atoms with van der Waals surface area (Å²) in [6.07, 6.45) is 1.91. The van der Waals surface area contributed by atoms with Gasteiger partial charge in [0.2, 0.25) is 0 Å². The van der Waals surface area contributed by atoms with Crippen LogP contribution in [0.5, 0.6) is 5.75 Å². The van der Waals surface area contributed by atoms with Crippen LogP contribution in [0.1, 0.15) is 36.2 Å². The maximum absolute atomic E-state index is 9.88. The van der Waals surface area contributed by atoms with Gasteiger partial charge in [0.1, 0.15) is 11.9 Å². The van der Waals surface area contributed by atoms with Crippen molar-refractivity contribution in [3.8, 4) is 5.75 Å². The lowest BCUT2D eigenvalue weighted by Gasteiger charge is -2.16. The summed E-state index contributed by atoms with van der Waals surface area (Å²) in [7, 11) is 1.66. The molecule has 1 aliphatic heterocycles. The van der Waals surface area contributed by atoms with Gasteiger partial charge in [-0.2, -0.15) is 5.10 Å². The molecular formula is C14H17N3O2. The van der Waals surface area contributed by atoms with Crippen LogP contribution in [0.4, 0.5) is 0 Å². The number of nitrogens with zero attached hydrogens (tertiary/aromatic N) is 3. The molecule has 1 aliphatic rings. The fourth-order valence-corrected chi connectivity index (χ4v) is 2.42. The smallest absolute Gasteiger partial charge is 0.156 e. The van der Waals surface area contributed by atoms with Crippen LogP contribution in [0.2, 0.25) is 0 Å². The summed E-state index contributed by atoms with van der Waals surface area (Å²) < 4.78 is 7.03. The number of hydrogen-bond donors (Lipinski definition) is 1. The lowest BCUT2D eigenvalue weighted by Crippen LogP contribution is -2.16. The number of benzene rings is 1. The summed E-state index contributed by atoms with van der Waals surface area (Å²) in [5.41, 5.74) is 1.11. The van der Waals surface area contributed by atoms with E-state index in [0.29, 0.717) is 12.2 Å². The molecule has 5 nitrogen and oxygen atoms in total. The van der Waals surface area contributed by atoms with Crippen molar-refractivity contribution in [2.24, 2.45) is 0 Å². The molecule has 19 heavy (non-hydrogen) atoms. The SMILES string of the molecule is COc1cccc(Cc2nc3n(n2)CCCC3O)c1. The van der Waals surface area contributed by atoms with Crippen molar-refractivity contribution in [3.05, 3.63) is 41.5 Å². The van der Waals surface area contributed by atoms with Gasteiger partial charge < -0.3 is 9.84 Å². The van der Waals surface area contributed by atoms with Gasteiger partial charge in [-0.3, -0.25) is 0 Å². The largest absolute Gasteiger partial charge is 0.497 e. The fourth-order valence-electron chi connectivity index (χ4n) is 2.42. The first-order valence-electron chi connectivity index (χ1n) is 6.51. The lowest BCUT2D eigenvalue weighted by molar-refractivity contribution is 0.130. The van der Waals surface area contributed by atoms with E-state index >= 15 is 0 Å². The molecule has 1 atom stereocenters. The molecule has 0 saturated carbocycles. The highest BCUT2D eigenvalue weighted by atomic mass is 16.5. The molecular weight excluding hydrogens is 242 g/mol. The summed E-state index contributed by atoms with van der Waals surface area (Å²) in [5.74, 6) is 2.29. The van der Waals surface area contributed by atoms with Gasteiger partial charge in [0.25, 0.3) is 0 Å². The minimum absolute atomic E-state index is 0.472. The number of rotatable bonds is 3. The average Bonchev–Trinajstić information content (AvgIpc) is 2.83. The molecule has 0 bridgehead atoms. The van der Waals surface area contributed by atoms with Crippen LogP contribution in [-0.4, -0.2) is 27.0 Å². The van der Waals surface area contributed by atoms with Gasteiger partial charge in [0, 0.05) is 13.0 Å². The molecule has 0 amide bonds. The molecule has 1 aromatic heterocycles. The molecule has 2 heterocycles. The van der Waals surface area contributed by atoms with Crippen LogP contribution in [-0.2, 0) is 13.0 Å². The Morgan fingerprint density at radius 3 is 3.16 bits per heavy atom. The van der Waals surface area contributed by atoms with Crippen molar-refractivity contribution < 1.29 is 9.84 Å². The van der Waals surface area contributed by atoms with E-state index in [9.17, 15) is 5.11 Å². The van der Waals surface area contributed by atoms with E-state index in [4.69, 9.17) is 4.74 Å². The summed E-state index contributed by atoms with van der Waals surface area (Å²) in [5, 5.41) is 14.3. The highest BCUT2D eigenvalue weighted by molar-refractivity contribution is 5.30. The van der Waals surface area contributed by atoms with Gasteiger partial charge in [-0.05, 0) is 30.5 Å². The molecule has 1 unspecified atom stereocenters. The first-order valence-corrected chi connectivity index (χ1v) is 6.51. The third-order valence-corrected chi connectivity index (χ3v) is 3.39. The first kappa shape index (κ1) is 12.2. The van der Waals surface area contributed by atoms with E-state index < -0.39 is 6.10 Å². The van der Waals surface area contributed by atoms with Gasteiger partial charge in [-0.25, -0.2) is 9.67 Å². The maximum atomic E-state index is 9.88. The Balaban J connectivity index is 1.83. The number of ether oxygens (including phenoxy) is 1. The van der Waals surface area contributed by atoms with Crippen molar-refractivity contribution >= 4 is 0 Å². The van der Waals surface area contributed by atoms with E-state index in [2.05, 4.69) is 10.1 Å². The number of aliphatic hydroxyl groups excluding tert-OH is 1. The van der Waals surface area contributed by atoms with Crippen molar-refractivity contribution in [2.75, 3.05) is 7.11 Å². The predicted molar refractivity (Wildman–Crippen MR) is 70.0 cm³/mol. The Kier molecular flexibility index (Phi) is 3.21. The number of fused-ring (bicyclic) bond motifs is 1. The van der Waals surface area contributed by atoms with Crippen LogP contribution in [0.3, 0.4) is 0 Å². The Morgan fingerprint density at radius 2 is 2.37 bits per heavy atom. The van der Waals surface area contributed by atoms with Crippen molar-refractivity contribution in [1.82, 2.24) is 14.8 Å². The fraction of sp³-hybridized carbons (Fsp3) is 0.429. The Labute approximate surface area is 111 Å². The zero-order valence-electron chi connectivity index (χ0n) is 10.9. The second-order valence-corrected chi connectivity index (χ2v) is 4.80. The van der Waals surface area contributed by atoms with E-state index in [0.717, 1.165) is 36.5 Å². The highest BCUT2D eigenvalue weighted by Gasteiger charge is 2.21. The summed E-state index contributed by atoms with van der Waals surface area (Å²) in [6.45, 7) is 0.845. The number of aromatic nitrogens is 3. The third-order valence-electron chi connectivity index (χ3n) is 3.39. The molecule has 0 fully saturated rings. The van der Waals surface area contributed by atoms with Crippen LogP contribution in [0, 0.1) is 0 Å². The predicted octanol–water partition coefficient (Wildman–Crippen LogP) is 1.70. The molecule has 5 heteroatoms. The molecule has 3 rings (SSSR count). The summed E-state index contributed by atoms with van der Waals surface area (Å²) in [6, 6.07) is 7.88. The highest BCUT2D eigenvalue weighted by Crippen LogP contribution is 2.23. The van der Waals surface area contributed by atoms with Gasteiger partial charge in [-0.1, -0.05) is 12.1 Å².